The van der Waals surface area contributed by atoms with Gasteiger partial charge in [0.05, 0.1) is 0 Å². The quantitative estimate of drug-likeness (QED) is 0.514. The van der Waals surface area contributed by atoms with Crippen LogP contribution in [0.25, 0.3) is 0 Å². The summed E-state index contributed by atoms with van der Waals surface area (Å²) in [6.45, 7) is -1.51. The molecule has 4 heteroatoms. The van der Waals surface area contributed by atoms with Crippen molar-refractivity contribution in [2.75, 3.05) is 13.7 Å². The monoisotopic (exact) mass is 111 g/mol. The predicted octanol–water partition coefficient (Wildman–Crippen LogP) is 0.656. The number of rotatable bonds is 2. The van der Waals surface area contributed by atoms with Gasteiger partial charge in [-0.3, -0.25) is 0 Å². The number of alkyl halides is 2. The number of halogens is 2. The summed E-state index contributed by atoms with van der Waals surface area (Å²) in [4.78, 5) is 0. The van der Waals surface area contributed by atoms with Crippen LogP contribution < -0.4 is 0 Å². The molecule has 0 aromatic rings. The summed E-state index contributed by atoms with van der Waals surface area (Å²) in [5.41, 5.74) is 0. The molecule has 0 rings (SSSR count). The van der Waals surface area contributed by atoms with Crippen molar-refractivity contribution in [1.29, 1.82) is 0 Å². The van der Waals surface area contributed by atoms with Crippen molar-refractivity contribution < 1.29 is 18.6 Å². The highest BCUT2D eigenvalue weighted by molar-refractivity contribution is 4.42. The zero-order chi connectivity index (χ0) is 5.91. The van der Waals surface area contributed by atoms with Gasteiger partial charge in [-0.25, -0.2) is 5.11 Å². The number of hydrogen-bond donors (Lipinski definition) is 0. The fourth-order valence-corrected chi connectivity index (χ4v) is 0.0589. The van der Waals surface area contributed by atoms with Crippen LogP contribution in [0.3, 0.4) is 0 Å². The SMILES string of the molecule is COC(F)(F)C[O]. The normalized spacial score (nSPS) is 12.0. The maximum Gasteiger partial charge on any atom is 0.381 e. The second-order valence-electron chi connectivity index (χ2n) is 0.986. The third-order valence-corrected chi connectivity index (χ3v) is 0.467. The maximum atomic E-state index is 11.3. The van der Waals surface area contributed by atoms with E-state index in [4.69, 9.17) is 0 Å². The first-order valence-corrected chi connectivity index (χ1v) is 1.63. The highest BCUT2D eigenvalue weighted by Gasteiger charge is 2.27. The summed E-state index contributed by atoms with van der Waals surface area (Å²) in [6.07, 6.45) is -3.47. The van der Waals surface area contributed by atoms with E-state index in [1.807, 2.05) is 0 Å². The Bertz CT molecular complexity index is 48.9. The van der Waals surface area contributed by atoms with Gasteiger partial charge in [0.2, 0.25) is 0 Å². The summed E-state index contributed by atoms with van der Waals surface area (Å²) in [6, 6.07) is 0. The van der Waals surface area contributed by atoms with Crippen molar-refractivity contribution in [3.05, 3.63) is 0 Å². The van der Waals surface area contributed by atoms with Crippen LogP contribution in [0.4, 0.5) is 8.78 Å². The Hall–Kier alpha value is -0.220. The van der Waals surface area contributed by atoms with Gasteiger partial charge in [-0.2, -0.15) is 8.78 Å². The molecule has 0 aliphatic rings. The van der Waals surface area contributed by atoms with Crippen molar-refractivity contribution in [3.8, 4) is 0 Å². The smallest absolute Gasteiger partial charge is 0.322 e. The molecular weight excluding hydrogens is 106 g/mol. The van der Waals surface area contributed by atoms with Crippen LogP contribution >= 0.6 is 0 Å². The Balaban J connectivity index is 3.36. The molecule has 0 saturated carbocycles. The number of hydrogen-bond acceptors (Lipinski definition) is 1. The zero-order valence-corrected chi connectivity index (χ0v) is 3.78. The van der Waals surface area contributed by atoms with Gasteiger partial charge >= 0.3 is 6.11 Å². The molecule has 2 nitrogen and oxygen atoms in total. The van der Waals surface area contributed by atoms with Crippen LogP contribution in [0.5, 0.6) is 0 Å². The molecule has 0 aliphatic heterocycles. The Labute approximate surface area is 39.7 Å². The fraction of sp³-hybridized carbons (Fsp3) is 1.00. The van der Waals surface area contributed by atoms with Crippen LogP contribution in [0, 0.1) is 0 Å². The van der Waals surface area contributed by atoms with E-state index < -0.39 is 12.7 Å². The van der Waals surface area contributed by atoms with Crippen molar-refractivity contribution >= 4 is 0 Å². The van der Waals surface area contributed by atoms with E-state index in [1.54, 1.807) is 0 Å². The van der Waals surface area contributed by atoms with Gasteiger partial charge in [-0.1, -0.05) is 0 Å². The molecule has 0 bridgehead atoms. The molecule has 0 fully saturated rings. The molecule has 0 atom stereocenters. The molecule has 1 radical (unpaired) electrons. The molecule has 43 valence electrons. The van der Waals surface area contributed by atoms with Crippen molar-refractivity contribution in [3.63, 3.8) is 0 Å². The van der Waals surface area contributed by atoms with Crippen LogP contribution in [0.1, 0.15) is 0 Å². The van der Waals surface area contributed by atoms with E-state index in [2.05, 4.69) is 4.74 Å². The standard InChI is InChI=1S/C3H5F2O2/c1-7-3(4,5)2-6/h2H2,1H3. The molecule has 0 saturated heterocycles. The largest absolute Gasteiger partial charge is 0.381 e. The Morgan fingerprint density at radius 2 is 2.14 bits per heavy atom. The van der Waals surface area contributed by atoms with Crippen LogP contribution in [-0.2, 0) is 9.84 Å². The third-order valence-electron chi connectivity index (χ3n) is 0.467. The van der Waals surface area contributed by atoms with Gasteiger partial charge in [0.1, 0.15) is 0 Å². The molecule has 0 heterocycles. The van der Waals surface area contributed by atoms with E-state index in [0.29, 0.717) is 0 Å². The lowest BCUT2D eigenvalue weighted by Crippen LogP contribution is -2.22. The molecule has 7 heavy (non-hydrogen) atoms. The molecule has 0 aromatic heterocycles. The van der Waals surface area contributed by atoms with Gasteiger partial charge in [0.15, 0.2) is 6.61 Å². The average molecular weight is 111 g/mol. The summed E-state index contributed by atoms with van der Waals surface area (Å²) in [5.74, 6) is 0. The van der Waals surface area contributed by atoms with Gasteiger partial charge in [0.25, 0.3) is 0 Å². The minimum atomic E-state index is -3.47. The zero-order valence-electron chi connectivity index (χ0n) is 3.78. The van der Waals surface area contributed by atoms with E-state index >= 15 is 0 Å². The lowest BCUT2D eigenvalue weighted by molar-refractivity contribution is -0.250. The molecule has 0 amide bonds. The first-order valence-electron chi connectivity index (χ1n) is 1.63. The van der Waals surface area contributed by atoms with E-state index in [0.717, 1.165) is 7.11 Å². The van der Waals surface area contributed by atoms with Crippen LogP contribution in [-0.4, -0.2) is 19.8 Å². The fourth-order valence-electron chi connectivity index (χ4n) is 0.0589. The van der Waals surface area contributed by atoms with Gasteiger partial charge < -0.3 is 4.74 Å². The van der Waals surface area contributed by atoms with Crippen molar-refractivity contribution in [2.24, 2.45) is 0 Å². The van der Waals surface area contributed by atoms with Crippen molar-refractivity contribution in [1.82, 2.24) is 0 Å². The van der Waals surface area contributed by atoms with Gasteiger partial charge in [0, 0.05) is 7.11 Å². The third kappa shape index (κ3) is 2.47. The minimum absolute atomic E-state index is 0.790. The first kappa shape index (κ1) is 6.78. The number of methoxy groups -OCH3 is 1. The molecule has 0 aromatic carbocycles. The topological polar surface area (TPSA) is 29.1 Å². The molecule has 0 N–H and O–H groups in total. The second kappa shape index (κ2) is 2.18. The first-order chi connectivity index (χ1) is 3.12. The average Bonchev–Trinajstić information content (AvgIpc) is 1.68. The molecular formula is C3H5F2O2. The van der Waals surface area contributed by atoms with Gasteiger partial charge in [-0.05, 0) is 0 Å². The summed E-state index contributed by atoms with van der Waals surface area (Å²) >= 11 is 0. The predicted molar refractivity (Wildman–Crippen MR) is 17.5 cm³/mol. The summed E-state index contributed by atoms with van der Waals surface area (Å²) in [5, 5.41) is 9.31. The Kier molecular flexibility index (Phi) is 2.11. The van der Waals surface area contributed by atoms with E-state index in [9.17, 15) is 13.9 Å². The highest BCUT2D eigenvalue weighted by Crippen LogP contribution is 2.10. The second-order valence-corrected chi connectivity index (χ2v) is 0.986. The minimum Gasteiger partial charge on any atom is -0.322 e. The van der Waals surface area contributed by atoms with Crippen LogP contribution in [0.15, 0.2) is 0 Å². The number of ether oxygens (including phenoxy) is 1. The van der Waals surface area contributed by atoms with E-state index in [-0.39, 0.29) is 0 Å². The lowest BCUT2D eigenvalue weighted by Gasteiger charge is -2.06. The lowest BCUT2D eigenvalue weighted by atomic mass is 10.7. The summed E-state index contributed by atoms with van der Waals surface area (Å²) < 4.78 is 26.1. The summed E-state index contributed by atoms with van der Waals surface area (Å²) in [7, 11) is 0.790. The molecule has 0 spiro atoms. The van der Waals surface area contributed by atoms with Crippen LogP contribution in [0.2, 0.25) is 0 Å². The Morgan fingerprint density at radius 3 is 2.14 bits per heavy atom. The molecule has 0 aliphatic carbocycles. The molecule has 0 unspecified atom stereocenters. The Morgan fingerprint density at radius 1 is 1.71 bits per heavy atom. The highest BCUT2D eigenvalue weighted by atomic mass is 19.3. The maximum absolute atomic E-state index is 11.3. The van der Waals surface area contributed by atoms with E-state index in [1.165, 1.54) is 0 Å². The van der Waals surface area contributed by atoms with Crippen molar-refractivity contribution in [2.45, 2.75) is 6.11 Å². The van der Waals surface area contributed by atoms with Gasteiger partial charge in [-0.15, -0.1) is 0 Å².